The molecule has 1 aliphatic heterocycles. The Balaban J connectivity index is 2.15. The van der Waals surface area contributed by atoms with Crippen molar-refractivity contribution < 1.29 is 5.11 Å². The van der Waals surface area contributed by atoms with Gasteiger partial charge in [0.2, 0.25) is 0 Å². The van der Waals surface area contributed by atoms with Crippen molar-refractivity contribution in [2.24, 2.45) is 11.7 Å². The summed E-state index contributed by atoms with van der Waals surface area (Å²) in [7, 11) is 0. The highest BCUT2D eigenvalue weighted by atomic mass is 16.3. The van der Waals surface area contributed by atoms with Crippen LogP contribution in [0, 0.1) is 11.3 Å². The summed E-state index contributed by atoms with van der Waals surface area (Å²) in [5.74, 6) is 0.576. The van der Waals surface area contributed by atoms with Gasteiger partial charge in [-0.15, -0.1) is 0 Å². The number of aliphatic hydroxyl groups excluding tert-OH is 1. The molecule has 4 N–H and O–H groups in total. The largest absolute Gasteiger partial charge is 0.396 e. The molecule has 0 amide bonds. The number of nitrogens with zero attached hydrogens (tertiary/aromatic N) is 1. The first-order valence-electron chi connectivity index (χ1n) is 6.93. The highest BCUT2D eigenvalue weighted by Crippen LogP contribution is 2.29. The highest BCUT2D eigenvalue weighted by molar-refractivity contribution is 5.77. The van der Waals surface area contributed by atoms with Crippen LogP contribution in [0.5, 0.6) is 0 Å². The molecule has 2 atom stereocenters. The molecule has 0 aliphatic carbocycles. The highest BCUT2D eigenvalue weighted by Gasteiger charge is 2.26. The zero-order chi connectivity index (χ0) is 13.7. The molecule has 104 valence electrons. The maximum absolute atomic E-state index is 9.35. The van der Waals surface area contributed by atoms with Crippen molar-refractivity contribution in [3.63, 3.8) is 0 Å². The summed E-state index contributed by atoms with van der Waals surface area (Å²) in [6, 6.07) is 10.4. The molecule has 0 aromatic heterocycles. The Labute approximate surface area is 114 Å². The lowest BCUT2D eigenvalue weighted by Crippen LogP contribution is -2.40. The van der Waals surface area contributed by atoms with Gasteiger partial charge in [0.25, 0.3) is 0 Å². The van der Waals surface area contributed by atoms with Crippen molar-refractivity contribution >= 4 is 5.84 Å². The lowest BCUT2D eigenvalue weighted by molar-refractivity contribution is 0.0895. The van der Waals surface area contributed by atoms with Crippen molar-refractivity contribution in [3.8, 4) is 0 Å². The normalized spacial score (nSPS) is 22.1. The number of amidine groups is 1. The van der Waals surface area contributed by atoms with E-state index >= 15 is 0 Å². The number of piperidine rings is 1. The van der Waals surface area contributed by atoms with Gasteiger partial charge >= 0.3 is 0 Å². The van der Waals surface area contributed by atoms with E-state index < -0.39 is 0 Å². The van der Waals surface area contributed by atoms with E-state index in [-0.39, 0.29) is 18.5 Å². The summed E-state index contributed by atoms with van der Waals surface area (Å²) < 4.78 is 0. The predicted octanol–water partition coefficient (Wildman–Crippen LogP) is 1.76. The van der Waals surface area contributed by atoms with E-state index in [1.165, 1.54) is 5.56 Å². The molecular formula is C15H23N3O. The van der Waals surface area contributed by atoms with Crippen LogP contribution in [0.1, 0.15) is 30.9 Å². The smallest absolute Gasteiger partial charge is 0.0924 e. The molecule has 4 nitrogen and oxygen atoms in total. The number of hydrogen-bond donors (Lipinski definition) is 3. The van der Waals surface area contributed by atoms with Gasteiger partial charge in [-0.1, -0.05) is 30.3 Å². The fraction of sp³-hybridized carbons (Fsp3) is 0.533. The van der Waals surface area contributed by atoms with Crippen LogP contribution >= 0.6 is 0 Å². The Morgan fingerprint density at radius 2 is 2.16 bits per heavy atom. The van der Waals surface area contributed by atoms with E-state index in [2.05, 4.69) is 17.0 Å². The van der Waals surface area contributed by atoms with Crippen LogP contribution in [0.3, 0.4) is 0 Å². The molecular weight excluding hydrogens is 238 g/mol. The molecule has 2 unspecified atom stereocenters. The van der Waals surface area contributed by atoms with Crippen LogP contribution in [0.2, 0.25) is 0 Å². The van der Waals surface area contributed by atoms with Gasteiger partial charge in [-0.2, -0.15) is 0 Å². The average Bonchev–Trinajstić information content (AvgIpc) is 2.45. The monoisotopic (exact) mass is 261 g/mol. The van der Waals surface area contributed by atoms with Crippen molar-refractivity contribution in [2.75, 3.05) is 19.7 Å². The van der Waals surface area contributed by atoms with Crippen LogP contribution in [0.15, 0.2) is 30.3 Å². The number of aliphatic hydroxyl groups is 1. The summed E-state index contributed by atoms with van der Waals surface area (Å²) in [6.45, 7) is 2.16. The van der Waals surface area contributed by atoms with E-state index in [0.29, 0.717) is 12.3 Å². The van der Waals surface area contributed by atoms with Gasteiger partial charge in [-0.25, -0.2) is 0 Å². The Morgan fingerprint density at radius 3 is 2.79 bits per heavy atom. The minimum atomic E-state index is 0.160. The van der Waals surface area contributed by atoms with Gasteiger partial charge in [0, 0.05) is 25.6 Å². The van der Waals surface area contributed by atoms with Crippen LogP contribution in [-0.4, -0.2) is 35.5 Å². The average molecular weight is 261 g/mol. The lowest BCUT2D eigenvalue weighted by Gasteiger charge is -2.38. The maximum atomic E-state index is 9.35. The number of benzene rings is 1. The molecule has 0 radical (unpaired) electrons. The van der Waals surface area contributed by atoms with Crippen LogP contribution < -0.4 is 5.73 Å². The second-order valence-electron chi connectivity index (χ2n) is 5.34. The van der Waals surface area contributed by atoms with Gasteiger partial charge < -0.3 is 10.8 Å². The van der Waals surface area contributed by atoms with Gasteiger partial charge in [-0.05, 0) is 30.9 Å². The summed E-state index contributed by atoms with van der Waals surface area (Å²) in [5.41, 5.74) is 6.82. The van der Waals surface area contributed by atoms with Crippen molar-refractivity contribution in [2.45, 2.75) is 25.3 Å². The van der Waals surface area contributed by atoms with Crippen molar-refractivity contribution in [1.82, 2.24) is 4.90 Å². The molecule has 1 aromatic carbocycles. The van der Waals surface area contributed by atoms with Crippen molar-refractivity contribution in [1.29, 1.82) is 5.41 Å². The molecule has 2 rings (SSSR count). The minimum absolute atomic E-state index is 0.160. The van der Waals surface area contributed by atoms with Crippen molar-refractivity contribution in [3.05, 3.63) is 35.9 Å². The van der Waals surface area contributed by atoms with Gasteiger partial charge in [0.05, 0.1) is 5.84 Å². The topological polar surface area (TPSA) is 73.3 Å². The number of hydrogen-bond acceptors (Lipinski definition) is 3. The number of likely N-dealkylation sites (tertiary alicyclic amines) is 1. The van der Waals surface area contributed by atoms with E-state index in [1.807, 2.05) is 18.2 Å². The van der Waals surface area contributed by atoms with E-state index in [0.717, 1.165) is 25.9 Å². The van der Waals surface area contributed by atoms with Crippen LogP contribution in [0.25, 0.3) is 0 Å². The fourth-order valence-corrected chi connectivity index (χ4v) is 2.87. The molecule has 4 heteroatoms. The fourth-order valence-electron chi connectivity index (χ4n) is 2.87. The zero-order valence-electron chi connectivity index (χ0n) is 11.3. The van der Waals surface area contributed by atoms with E-state index in [9.17, 15) is 5.11 Å². The van der Waals surface area contributed by atoms with Gasteiger partial charge in [0.1, 0.15) is 0 Å². The second-order valence-corrected chi connectivity index (χ2v) is 5.34. The molecule has 0 bridgehead atoms. The molecule has 1 aromatic rings. The summed E-state index contributed by atoms with van der Waals surface area (Å²) in [5, 5.41) is 16.9. The summed E-state index contributed by atoms with van der Waals surface area (Å²) >= 11 is 0. The third-order valence-electron chi connectivity index (χ3n) is 3.85. The Morgan fingerprint density at radius 1 is 1.42 bits per heavy atom. The first-order valence-corrected chi connectivity index (χ1v) is 6.93. The van der Waals surface area contributed by atoms with Gasteiger partial charge in [0.15, 0.2) is 0 Å². The van der Waals surface area contributed by atoms with Crippen LogP contribution in [-0.2, 0) is 0 Å². The molecule has 1 heterocycles. The van der Waals surface area contributed by atoms with E-state index in [4.69, 9.17) is 11.1 Å². The molecule has 1 fully saturated rings. The van der Waals surface area contributed by atoms with E-state index in [1.54, 1.807) is 0 Å². The molecule has 0 saturated carbocycles. The number of rotatable bonds is 5. The Bertz CT molecular complexity index is 407. The van der Waals surface area contributed by atoms with Gasteiger partial charge in [-0.3, -0.25) is 10.3 Å². The molecule has 0 spiro atoms. The van der Waals surface area contributed by atoms with Crippen LogP contribution in [0.4, 0.5) is 0 Å². The maximum Gasteiger partial charge on any atom is 0.0924 e. The standard InChI is InChI=1S/C15H23N3O/c16-15(17)9-14(13-6-2-1-3-7-13)18-8-4-5-12(10-18)11-19/h1-3,6-7,12,14,19H,4-5,8-11H2,(H3,16,17). The predicted molar refractivity (Wildman–Crippen MR) is 77.1 cm³/mol. The third-order valence-corrected chi connectivity index (χ3v) is 3.85. The quantitative estimate of drug-likeness (QED) is 0.558. The summed E-state index contributed by atoms with van der Waals surface area (Å²) in [6.07, 6.45) is 2.75. The molecule has 1 saturated heterocycles. The SMILES string of the molecule is N=C(N)CC(c1ccccc1)N1CCCC(CO)C1. The molecule has 1 aliphatic rings. The first-order chi connectivity index (χ1) is 9.20. The Kier molecular flexibility index (Phi) is 4.93. The summed E-state index contributed by atoms with van der Waals surface area (Å²) in [4.78, 5) is 2.36. The second kappa shape index (κ2) is 6.68. The molecule has 19 heavy (non-hydrogen) atoms. The minimum Gasteiger partial charge on any atom is -0.396 e. The number of nitrogens with one attached hydrogen (secondary N) is 1. The Hall–Kier alpha value is -1.39. The lowest BCUT2D eigenvalue weighted by atomic mass is 9.94. The zero-order valence-corrected chi connectivity index (χ0v) is 11.3. The first kappa shape index (κ1) is 14.0. The third kappa shape index (κ3) is 3.78. The number of nitrogens with two attached hydrogens (primary N) is 1.